The van der Waals surface area contributed by atoms with Crippen LogP contribution in [0.25, 0.3) is 12.2 Å². The Hall–Kier alpha value is -2.33. The van der Waals surface area contributed by atoms with Crippen molar-refractivity contribution in [3.8, 4) is 5.75 Å². The number of hydrogen-bond acceptors (Lipinski definition) is 3. The van der Waals surface area contributed by atoms with Crippen molar-refractivity contribution in [1.82, 2.24) is 0 Å². The van der Waals surface area contributed by atoms with Crippen LogP contribution in [0, 0.1) is 17.8 Å². The van der Waals surface area contributed by atoms with Crippen LogP contribution in [-0.2, 0) is 15.6 Å². The average Bonchev–Trinajstić information content (AvgIpc) is 2.81. The van der Waals surface area contributed by atoms with Crippen LogP contribution >= 0.6 is 0 Å². The van der Waals surface area contributed by atoms with Gasteiger partial charge in [0.05, 0.1) is 12.2 Å². The molecule has 3 nitrogen and oxygen atoms in total. The highest BCUT2D eigenvalue weighted by atomic mass is 28.3. The van der Waals surface area contributed by atoms with E-state index in [1.165, 1.54) is 49.7 Å². The molecule has 6 rings (SSSR count). The van der Waals surface area contributed by atoms with E-state index in [1.807, 2.05) is 31.2 Å². The number of hydrogen-bond donors (Lipinski definition) is 0. The van der Waals surface area contributed by atoms with Crippen LogP contribution in [0.1, 0.15) is 98.8 Å². The van der Waals surface area contributed by atoms with Gasteiger partial charge in [-0.15, -0.1) is 0 Å². The predicted octanol–water partition coefficient (Wildman–Crippen LogP) is 8.16. The summed E-state index contributed by atoms with van der Waals surface area (Å²) in [6.45, 7) is 13.9. The first-order valence-corrected chi connectivity index (χ1v) is 17.2. The Kier molecular flexibility index (Phi) is 7.17. The van der Waals surface area contributed by atoms with Crippen molar-refractivity contribution in [2.24, 2.45) is 17.8 Å². The van der Waals surface area contributed by atoms with Crippen molar-refractivity contribution in [2.45, 2.75) is 90.1 Å². The highest BCUT2D eigenvalue weighted by molar-refractivity contribution is 6.49. The van der Waals surface area contributed by atoms with E-state index in [0.717, 1.165) is 29.1 Å². The molecule has 0 spiro atoms. The Morgan fingerprint density at radius 1 is 0.946 bits per heavy atom. The molecule has 4 bridgehead atoms. The monoisotopic (exact) mass is 516 g/mol. The van der Waals surface area contributed by atoms with Gasteiger partial charge >= 0.3 is 5.97 Å². The van der Waals surface area contributed by atoms with Gasteiger partial charge in [0.1, 0.15) is 5.75 Å². The number of benzene rings is 2. The molecule has 0 N–H and O–H groups in total. The Morgan fingerprint density at radius 3 is 2.05 bits per heavy atom. The fraction of sp³-hybridized carbons (Fsp3) is 0.545. The second kappa shape index (κ2) is 10.1. The largest absolute Gasteiger partial charge is 0.546 e. The average molecular weight is 517 g/mol. The normalized spacial score (nSPS) is 26.7. The number of ether oxygens (including phenoxy) is 1. The molecule has 0 amide bonds. The fourth-order valence-corrected chi connectivity index (χ4v) is 8.52. The Labute approximate surface area is 225 Å². The minimum Gasteiger partial charge on any atom is -0.546 e. The molecule has 198 valence electrons. The number of carbonyl (C=O) groups is 1. The van der Waals surface area contributed by atoms with Crippen molar-refractivity contribution in [2.75, 3.05) is 6.61 Å². The lowest BCUT2D eigenvalue weighted by Crippen LogP contribution is -2.49. The molecular formula is C33H44O3Si. The Morgan fingerprint density at radius 2 is 1.54 bits per heavy atom. The summed E-state index contributed by atoms with van der Waals surface area (Å²) in [6, 6.07) is 12.3. The van der Waals surface area contributed by atoms with E-state index in [4.69, 9.17) is 9.16 Å². The van der Waals surface area contributed by atoms with Crippen molar-refractivity contribution < 1.29 is 14.0 Å². The van der Waals surface area contributed by atoms with Crippen LogP contribution in [0.5, 0.6) is 5.75 Å². The smallest absolute Gasteiger partial charge is 0.338 e. The van der Waals surface area contributed by atoms with Gasteiger partial charge in [0.25, 0.3) is 0 Å². The van der Waals surface area contributed by atoms with E-state index in [1.54, 1.807) is 5.56 Å². The SMILES string of the molecule is CCOC(=O)c1ccc(C=Cc2ccc(C(C)(C)C)c(C34CC5CC(CC(C5)C3)C4)c2O[SiH](C)C)cc1. The van der Waals surface area contributed by atoms with Crippen molar-refractivity contribution in [3.05, 3.63) is 64.2 Å². The summed E-state index contributed by atoms with van der Waals surface area (Å²) in [5.74, 6) is 3.56. The van der Waals surface area contributed by atoms with Gasteiger partial charge in [-0.25, -0.2) is 4.79 Å². The molecule has 4 aliphatic rings. The molecule has 4 heteroatoms. The first-order chi connectivity index (χ1) is 17.6. The lowest BCUT2D eigenvalue weighted by molar-refractivity contribution is -0.00659. The number of carbonyl (C=O) groups excluding carboxylic acids is 1. The van der Waals surface area contributed by atoms with Gasteiger partial charge in [0.2, 0.25) is 9.04 Å². The Bertz CT molecular complexity index is 1130. The van der Waals surface area contributed by atoms with Gasteiger partial charge < -0.3 is 9.16 Å². The molecule has 2 aromatic rings. The van der Waals surface area contributed by atoms with Crippen molar-refractivity contribution in [3.63, 3.8) is 0 Å². The summed E-state index contributed by atoms with van der Waals surface area (Å²) >= 11 is 0. The van der Waals surface area contributed by atoms with Crippen LogP contribution in [0.15, 0.2) is 36.4 Å². The van der Waals surface area contributed by atoms with Gasteiger partial charge in [-0.2, -0.15) is 0 Å². The van der Waals surface area contributed by atoms with Gasteiger partial charge in [-0.05, 0) is 105 Å². The third-order valence-electron chi connectivity index (χ3n) is 8.80. The topological polar surface area (TPSA) is 35.5 Å². The van der Waals surface area contributed by atoms with Crippen LogP contribution in [0.4, 0.5) is 0 Å². The molecule has 0 atom stereocenters. The minimum atomic E-state index is -1.34. The fourth-order valence-electron chi connectivity index (χ4n) is 7.79. The maximum Gasteiger partial charge on any atom is 0.338 e. The quantitative estimate of drug-likeness (QED) is 0.211. The van der Waals surface area contributed by atoms with Crippen LogP contribution in [0.2, 0.25) is 13.1 Å². The molecule has 0 aromatic heterocycles. The lowest BCUT2D eigenvalue weighted by Gasteiger charge is -2.58. The van der Waals surface area contributed by atoms with Crippen LogP contribution < -0.4 is 4.43 Å². The Balaban J connectivity index is 1.57. The zero-order valence-corrected chi connectivity index (χ0v) is 24.8. The van der Waals surface area contributed by atoms with E-state index in [-0.39, 0.29) is 16.8 Å². The second-order valence-electron chi connectivity index (χ2n) is 13.2. The first-order valence-electron chi connectivity index (χ1n) is 14.4. The van der Waals surface area contributed by atoms with E-state index >= 15 is 0 Å². The molecule has 4 saturated carbocycles. The summed E-state index contributed by atoms with van der Waals surface area (Å²) in [4.78, 5) is 12.0. The number of rotatable bonds is 7. The predicted molar refractivity (Wildman–Crippen MR) is 156 cm³/mol. The summed E-state index contributed by atoms with van der Waals surface area (Å²) in [5, 5.41) is 0. The highest BCUT2D eigenvalue weighted by Crippen LogP contribution is 2.63. The molecule has 0 aliphatic heterocycles. The van der Waals surface area contributed by atoms with Gasteiger partial charge in [-0.3, -0.25) is 0 Å². The highest BCUT2D eigenvalue weighted by Gasteiger charge is 2.53. The minimum absolute atomic E-state index is 0.0699. The standard InChI is InChI=1S/C33H44O3Si/c1-7-35-31(34)27-12-9-22(10-13-27)8-11-26-14-15-28(32(2,3)4)29(30(26)36-37(5)6)33-19-23-16-24(20-33)18-25(17-23)21-33/h8-15,23-25,37H,7,16-21H2,1-6H3. The molecule has 0 radical (unpaired) electrons. The third-order valence-corrected chi connectivity index (χ3v) is 9.50. The van der Waals surface area contributed by atoms with E-state index < -0.39 is 9.04 Å². The molecule has 2 aromatic carbocycles. The van der Waals surface area contributed by atoms with Gasteiger partial charge in [0, 0.05) is 16.5 Å². The zero-order chi connectivity index (χ0) is 26.4. The molecule has 4 fully saturated rings. The molecule has 0 unspecified atom stereocenters. The maximum absolute atomic E-state index is 12.0. The molecule has 4 aliphatic carbocycles. The molecule has 0 heterocycles. The van der Waals surface area contributed by atoms with Gasteiger partial charge in [0.15, 0.2) is 0 Å². The zero-order valence-electron chi connectivity index (χ0n) is 23.6. The second-order valence-corrected chi connectivity index (χ2v) is 15.5. The first kappa shape index (κ1) is 26.3. The summed E-state index contributed by atoms with van der Waals surface area (Å²) in [5.41, 5.74) is 6.20. The van der Waals surface area contributed by atoms with Crippen molar-refractivity contribution in [1.29, 1.82) is 0 Å². The maximum atomic E-state index is 12.0. The summed E-state index contributed by atoms with van der Waals surface area (Å²) in [6.07, 6.45) is 12.7. The number of esters is 1. The van der Waals surface area contributed by atoms with Gasteiger partial charge in [-0.1, -0.05) is 57.2 Å². The summed E-state index contributed by atoms with van der Waals surface area (Å²) < 4.78 is 12.0. The van der Waals surface area contributed by atoms with Crippen LogP contribution in [-0.4, -0.2) is 21.6 Å². The third kappa shape index (κ3) is 5.32. The summed E-state index contributed by atoms with van der Waals surface area (Å²) in [7, 11) is -1.34. The molecule has 0 saturated heterocycles. The van der Waals surface area contributed by atoms with E-state index in [0.29, 0.717) is 12.2 Å². The molecule has 37 heavy (non-hydrogen) atoms. The van der Waals surface area contributed by atoms with Crippen LogP contribution in [0.3, 0.4) is 0 Å². The van der Waals surface area contributed by atoms with E-state index in [9.17, 15) is 4.79 Å². The lowest BCUT2D eigenvalue weighted by atomic mass is 9.47. The van der Waals surface area contributed by atoms with Crippen molar-refractivity contribution >= 4 is 27.2 Å². The van der Waals surface area contributed by atoms with E-state index in [2.05, 4.69) is 58.2 Å². The molecular weight excluding hydrogens is 472 g/mol.